The van der Waals surface area contributed by atoms with E-state index in [-0.39, 0.29) is 0 Å². The molecule has 6 heteroatoms. The quantitative estimate of drug-likeness (QED) is 0.839. The van der Waals surface area contributed by atoms with Gasteiger partial charge < -0.3 is 9.64 Å². The van der Waals surface area contributed by atoms with Crippen LogP contribution in [-0.2, 0) is 6.54 Å². The van der Waals surface area contributed by atoms with Gasteiger partial charge in [-0.2, -0.15) is 0 Å². The highest BCUT2D eigenvalue weighted by molar-refractivity contribution is 5.94. The van der Waals surface area contributed by atoms with Crippen LogP contribution in [0.1, 0.15) is 22.3 Å². The van der Waals surface area contributed by atoms with Crippen molar-refractivity contribution < 1.29 is 18.3 Å². The fourth-order valence-corrected chi connectivity index (χ4v) is 3.18. The van der Waals surface area contributed by atoms with Gasteiger partial charge in [0, 0.05) is 32.7 Å². The van der Waals surface area contributed by atoms with Gasteiger partial charge >= 0.3 is 0 Å². The average molecular weight is 360 g/mol. The summed E-state index contributed by atoms with van der Waals surface area (Å²) in [6.07, 6.45) is 0.762. The zero-order chi connectivity index (χ0) is 18.5. The molecule has 2 aromatic carbocycles. The number of hydrogen-bond acceptors (Lipinski definition) is 3. The Balaban J connectivity index is 1.63. The summed E-state index contributed by atoms with van der Waals surface area (Å²) in [4.78, 5) is 16.3. The summed E-state index contributed by atoms with van der Waals surface area (Å²) in [5.74, 6) is -1.39. The Hall–Kier alpha value is -2.47. The van der Waals surface area contributed by atoms with E-state index in [2.05, 4.69) is 4.90 Å². The van der Waals surface area contributed by atoms with E-state index in [1.165, 1.54) is 11.0 Å². The maximum Gasteiger partial charge on any atom is 0.259 e. The fraction of sp³-hybridized carbons (Fsp3) is 0.350. The first-order chi connectivity index (χ1) is 12.6. The van der Waals surface area contributed by atoms with Crippen LogP contribution in [0.25, 0.3) is 0 Å². The smallest absolute Gasteiger partial charge is 0.259 e. The Morgan fingerprint density at radius 1 is 1.00 bits per heavy atom. The number of halogens is 2. The molecule has 3 rings (SSSR count). The summed E-state index contributed by atoms with van der Waals surface area (Å²) in [6.45, 7) is 3.19. The molecular formula is C20H22F2N2O2. The van der Waals surface area contributed by atoms with Crippen molar-refractivity contribution in [1.82, 2.24) is 9.80 Å². The Bertz CT molecular complexity index is 745. The molecule has 2 aromatic rings. The Labute approximate surface area is 152 Å². The van der Waals surface area contributed by atoms with Crippen molar-refractivity contribution in [3.05, 3.63) is 65.2 Å². The van der Waals surface area contributed by atoms with Crippen LogP contribution >= 0.6 is 0 Å². The lowest BCUT2D eigenvalue weighted by Crippen LogP contribution is -2.36. The van der Waals surface area contributed by atoms with E-state index in [0.717, 1.165) is 43.0 Å². The molecule has 1 saturated heterocycles. The largest absolute Gasteiger partial charge is 0.497 e. The van der Waals surface area contributed by atoms with Crippen LogP contribution in [0.15, 0.2) is 42.5 Å². The van der Waals surface area contributed by atoms with Gasteiger partial charge in [0.05, 0.1) is 7.11 Å². The number of carbonyl (C=O) groups excluding carboxylic acids is 1. The highest BCUT2D eigenvalue weighted by atomic mass is 19.1. The van der Waals surface area contributed by atoms with Crippen LogP contribution in [0.3, 0.4) is 0 Å². The van der Waals surface area contributed by atoms with E-state index in [0.29, 0.717) is 19.6 Å². The molecule has 0 aliphatic carbocycles. The van der Waals surface area contributed by atoms with Crippen molar-refractivity contribution in [3.63, 3.8) is 0 Å². The SMILES string of the molecule is COc1ccc(CN2CCCN(C(=O)c3c(F)cccc3F)CC2)cc1. The topological polar surface area (TPSA) is 32.8 Å². The van der Waals surface area contributed by atoms with Crippen molar-refractivity contribution in [1.29, 1.82) is 0 Å². The number of carbonyl (C=O) groups is 1. The third kappa shape index (κ3) is 4.19. The maximum absolute atomic E-state index is 13.9. The number of rotatable bonds is 4. The zero-order valence-corrected chi connectivity index (χ0v) is 14.8. The second-order valence-electron chi connectivity index (χ2n) is 6.37. The van der Waals surface area contributed by atoms with Crippen LogP contribution in [-0.4, -0.2) is 49.0 Å². The molecule has 1 aliphatic heterocycles. The Kier molecular flexibility index (Phi) is 5.83. The first kappa shape index (κ1) is 18.3. The average Bonchev–Trinajstić information content (AvgIpc) is 2.88. The van der Waals surface area contributed by atoms with Gasteiger partial charge in [-0.3, -0.25) is 9.69 Å². The number of hydrogen-bond donors (Lipinski definition) is 0. The fourth-order valence-electron chi connectivity index (χ4n) is 3.18. The molecule has 0 spiro atoms. The molecule has 0 N–H and O–H groups in total. The molecule has 1 fully saturated rings. The molecule has 26 heavy (non-hydrogen) atoms. The van der Waals surface area contributed by atoms with Crippen LogP contribution < -0.4 is 4.74 Å². The summed E-state index contributed by atoms with van der Waals surface area (Å²) in [6, 6.07) is 11.4. The van der Waals surface area contributed by atoms with E-state index in [1.54, 1.807) is 7.11 Å². The summed E-state index contributed by atoms with van der Waals surface area (Å²) in [5.41, 5.74) is 0.696. The van der Waals surface area contributed by atoms with Crippen molar-refractivity contribution in [2.45, 2.75) is 13.0 Å². The van der Waals surface area contributed by atoms with Crippen molar-refractivity contribution in [2.24, 2.45) is 0 Å². The number of benzene rings is 2. The third-order valence-electron chi connectivity index (χ3n) is 4.62. The molecule has 4 nitrogen and oxygen atoms in total. The van der Waals surface area contributed by atoms with Gasteiger partial charge in [-0.25, -0.2) is 8.78 Å². The predicted molar refractivity (Wildman–Crippen MR) is 95.1 cm³/mol. The zero-order valence-electron chi connectivity index (χ0n) is 14.8. The van der Waals surface area contributed by atoms with E-state index in [4.69, 9.17) is 4.74 Å². The minimum Gasteiger partial charge on any atom is -0.497 e. The normalized spacial score (nSPS) is 15.6. The van der Waals surface area contributed by atoms with Gasteiger partial charge in [0.15, 0.2) is 0 Å². The first-order valence-corrected chi connectivity index (χ1v) is 8.67. The second kappa shape index (κ2) is 8.27. The lowest BCUT2D eigenvalue weighted by molar-refractivity contribution is 0.0751. The van der Waals surface area contributed by atoms with Gasteiger partial charge in [-0.05, 0) is 36.2 Å². The molecule has 0 radical (unpaired) electrons. The monoisotopic (exact) mass is 360 g/mol. The Morgan fingerprint density at radius 3 is 2.35 bits per heavy atom. The lowest BCUT2D eigenvalue weighted by Gasteiger charge is -2.22. The van der Waals surface area contributed by atoms with Crippen LogP contribution in [0.2, 0.25) is 0 Å². The molecule has 1 heterocycles. The predicted octanol–water partition coefficient (Wildman–Crippen LogP) is 3.32. The first-order valence-electron chi connectivity index (χ1n) is 8.67. The number of nitrogens with zero attached hydrogens (tertiary/aromatic N) is 2. The van der Waals surface area contributed by atoms with Crippen molar-refractivity contribution >= 4 is 5.91 Å². The van der Waals surface area contributed by atoms with Crippen molar-refractivity contribution in [3.8, 4) is 5.75 Å². The van der Waals surface area contributed by atoms with Gasteiger partial charge in [0.25, 0.3) is 5.91 Å². The van der Waals surface area contributed by atoms with Crippen LogP contribution in [0.4, 0.5) is 8.78 Å². The molecule has 0 saturated carbocycles. The van der Waals surface area contributed by atoms with E-state index in [1.807, 2.05) is 24.3 Å². The molecular weight excluding hydrogens is 338 g/mol. The van der Waals surface area contributed by atoms with Crippen LogP contribution in [0.5, 0.6) is 5.75 Å². The standard InChI is InChI=1S/C20H22F2N2O2/c1-26-16-8-6-15(7-9-16)14-23-10-3-11-24(13-12-23)20(25)19-17(21)4-2-5-18(19)22/h2,4-9H,3,10-14H2,1H3. The molecule has 0 unspecified atom stereocenters. The third-order valence-corrected chi connectivity index (χ3v) is 4.62. The van der Waals surface area contributed by atoms with Crippen LogP contribution in [0, 0.1) is 11.6 Å². The van der Waals surface area contributed by atoms with Gasteiger partial charge in [-0.1, -0.05) is 18.2 Å². The van der Waals surface area contributed by atoms with E-state index in [9.17, 15) is 13.6 Å². The summed E-state index contributed by atoms with van der Waals surface area (Å²) in [5, 5.41) is 0. The van der Waals surface area contributed by atoms with E-state index >= 15 is 0 Å². The summed E-state index contributed by atoms with van der Waals surface area (Å²) in [7, 11) is 1.63. The molecule has 1 amide bonds. The highest BCUT2D eigenvalue weighted by Crippen LogP contribution is 2.18. The second-order valence-corrected chi connectivity index (χ2v) is 6.37. The highest BCUT2D eigenvalue weighted by Gasteiger charge is 2.25. The minimum atomic E-state index is -0.811. The maximum atomic E-state index is 13.9. The minimum absolute atomic E-state index is 0.447. The Morgan fingerprint density at radius 2 is 1.69 bits per heavy atom. The number of methoxy groups -OCH3 is 1. The number of ether oxygens (including phenoxy) is 1. The molecule has 0 atom stereocenters. The molecule has 138 valence electrons. The van der Waals surface area contributed by atoms with Crippen molar-refractivity contribution in [2.75, 3.05) is 33.3 Å². The molecule has 0 bridgehead atoms. The van der Waals surface area contributed by atoms with E-state index < -0.39 is 23.1 Å². The summed E-state index contributed by atoms with van der Waals surface area (Å²) < 4.78 is 32.9. The number of amides is 1. The van der Waals surface area contributed by atoms with Gasteiger partial charge in [0.1, 0.15) is 22.9 Å². The molecule has 0 aromatic heterocycles. The summed E-state index contributed by atoms with van der Waals surface area (Å²) >= 11 is 0. The van der Waals surface area contributed by atoms with Gasteiger partial charge in [-0.15, -0.1) is 0 Å². The lowest BCUT2D eigenvalue weighted by atomic mass is 10.1. The van der Waals surface area contributed by atoms with Gasteiger partial charge in [0.2, 0.25) is 0 Å². The molecule has 1 aliphatic rings.